The van der Waals surface area contributed by atoms with Gasteiger partial charge in [-0.15, -0.1) is 0 Å². The number of nitrogens with one attached hydrogen (secondary N) is 2. The Balaban J connectivity index is 1.75. The first-order chi connectivity index (χ1) is 12.7. The van der Waals surface area contributed by atoms with E-state index in [2.05, 4.69) is 32.7 Å². The van der Waals surface area contributed by atoms with Crippen LogP contribution in [-0.4, -0.2) is 24.2 Å². The van der Waals surface area contributed by atoms with Crippen LogP contribution in [0.2, 0.25) is 0 Å². The quantitative estimate of drug-likeness (QED) is 0.667. The molecule has 0 aliphatic heterocycles. The fraction of sp³-hybridized carbons (Fsp3) is 0.200. The van der Waals surface area contributed by atoms with Gasteiger partial charge in [-0.2, -0.15) is 4.98 Å². The second-order valence-corrected chi connectivity index (χ2v) is 5.75. The summed E-state index contributed by atoms with van der Waals surface area (Å²) in [5.74, 6) is 2.63. The fourth-order valence-corrected chi connectivity index (χ4v) is 2.55. The second kappa shape index (κ2) is 8.20. The Morgan fingerprint density at radius 2 is 1.65 bits per heavy atom. The van der Waals surface area contributed by atoms with Gasteiger partial charge in [0.05, 0.1) is 14.2 Å². The van der Waals surface area contributed by atoms with Gasteiger partial charge in [-0.05, 0) is 24.6 Å². The van der Waals surface area contributed by atoms with Crippen LogP contribution in [0.5, 0.6) is 11.5 Å². The molecule has 0 atom stereocenters. The maximum atomic E-state index is 5.34. The van der Waals surface area contributed by atoms with E-state index in [1.165, 1.54) is 5.56 Å². The molecule has 6 nitrogen and oxygen atoms in total. The molecule has 0 amide bonds. The summed E-state index contributed by atoms with van der Waals surface area (Å²) < 4.78 is 10.6. The van der Waals surface area contributed by atoms with Gasteiger partial charge < -0.3 is 20.1 Å². The number of hydrogen-bond donors (Lipinski definition) is 2. The number of aromatic nitrogens is 2. The van der Waals surface area contributed by atoms with Crippen molar-refractivity contribution in [2.24, 2.45) is 0 Å². The Morgan fingerprint density at radius 3 is 2.38 bits per heavy atom. The molecule has 0 saturated carbocycles. The van der Waals surface area contributed by atoms with E-state index in [9.17, 15) is 0 Å². The largest absolute Gasteiger partial charge is 0.493 e. The van der Waals surface area contributed by atoms with E-state index in [1.807, 2.05) is 49.4 Å². The number of ether oxygens (including phenoxy) is 2. The van der Waals surface area contributed by atoms with Gasteiger partial charge in [0.1, 0.15) is 5.82 Å². The minimum Gasteiger partial charge on any atom is -0.493 e. The molecule has 1 aromatic heterocycles. The smallest absolute Gasteiger partial charge is 0.225 e. The minimum atomic E-state index is 0.580. The molecule has 134 valence electrons. The van der Waals surface area contributed by atoms with Gasteiger partial charge in [-0.3, -0.25) is 0 Å². The van der Waals surface area contributed by atoms with E-state index in [1.54, 1.807) is 14.2 Å². The average molecular weight is 350 g/mol. The van der Waals surface area contributed by atoms with Crippen LogP contribution in [0.3, 0.4) is 0 Å². The van der Waals surface area contributed by atoms with Gasteiger partial charge in [0.2, 0.25) is 5.95 Å². The summed E-state index contributed by atoms with van der Waals surface area (Å²) in [6, 6.07) is 17.7. The number of hydrogen-bond acceptors (Lipinski definition) is 6. The highest BCUT2D eigenvalue weighted by molar-refractivity contribution is 5.62. The Hall–Kier alpha value is -3.28. The highest BCUT2D eigenvalue weighted by atomic mass is 16.5. The van der Waals surface area contributed by atoms with Crippen molar-refractivity contribution in [2.45, 2.75) is 13.5 Å². The van der Waals surface area contributed by atoms with Crippen LogP contribution >= 0.6 is 0 Å². The Labute approximate surface area is 153 Å². The van der Waals surface area contributed by atoms with Crippen LogP contribution in [0, 0.1) is 6.92 Å². The summed E-state index contributed by atoms with van der Waals surface area (Å²) in [7, 11) is 3.23. The first-order valence-electron chi connectivity index (χ1n) is 8.30. The summed E-state index contributed by atoms with van der Waals surface area (Å²) in [6.07, 6.45) is 0. The highest BCUT2D eigenvalue weighted by Crippen LogP contribution is 2.31. The Morgan fingerprint density at radius 1 is 0.885 bits per heavy atom. The van der Waals surface area contributed by atoms with Crippen molar-refractivity contribution in [3.8, 4) is 11.5 Å². The molecule has 0 bridgehead atoms. The molecule has 6 heteroatoms. The molecule has 3 rings (SSSR count). The van der Waals surface area contributed by atoms with Crippen molar-refractivity contribution in [1.82, 2.24) is 9.97 Å². The van der Waals surface area contributed by atoms with Gasteiger partial charge in [0.15, 0.2) is 11.5 Å². The molecule has 2 aromatic carbocycles. The minimum absolute atomic E-state index is 0.580. The number of methoxy groups -OCH3 is 2. The van der Waals surface area contributed by atoms with Gasteiger partial charge in [-0.25, -0.2) is 4.98 Å². The molecule has 26 heavy (non-hydrogen) atoms. The van der Waals surface area contributed by atoms with Crippen molar-refractivity contribution in [3.63, 3.8) is 0 Å². The SMILES string of the molecule is COc1ccc(Nc2cc(C)nc(NCc3ccccc3)n2)cc1OC. The summed E-state index contributed by atoms with van der Waals surface area (Å²) in [5, 5.41) is 6.54. The van der Waals surface area contributed by atoms with Crippen molar-refractivity contribution in [3.05, 3.63) is 65.9 Å². The molecular weight excluding hydrogens is 328 g/mol. The second-order valence-electron chi connectivity index (χ2n) is 5.75. The molecule has 0 saturated heterocycles. The molecule has 0 spiro atoms. The summed E-state index contributed by atoms with van der Waals surface area (Å²) >= 11 is 0. The molecule has 2 N–H and O–H groups in total. The summed E-state index contributed by atoms with van der Waals surface area (Å²) in [5.41, 5.74) is 2.90. The molecule has 0 unspecified atom stereocenters. The number of nitrogens with zero attached hydrogens (tertiary/aromatic N) is 2. The number of benzene rings is 2. The van der Waals surface area contributed by atoms with E-state index >= 15 is 0 Å². The average Bonchev–Trinajstić information content (AvgIpc) is 2.66. The van der Waals surface area contributed by atoms with E-state index in [0.717, 1.165) is 11.4 Å². The Bertz CT molecular complexity index is 869. The normalized spacial score (nSPS) is 10.3. The van der Waals surface area contributed by atoms with Crippen molar-refractivity contribution in [2.75, 3.05) is 24.9 Å². The summed E-state index contributed by atoms with van der Waals surface area (Å²) in [4.78, 5) is 8.98. The molecule has 1 heterocycles. The molecule has 0 aliphatic carbocycles. The standard InChI is InChI=1S/C20H22N4O2/c1-14-11-19(23-16-9-10-17(25-2)18(12-16)26-3)24-20(22-14)21-13-15-7-5-4-6-8-15/h4-12H,13H2,1-3H3,(H2,21,22,23,24). The molecule has 3 aromatic rings. The molecular formula is C20H22N4O2. The monoisotopic (exact) mass is 350 g/mol. The first-order valence-corrected chi connectivity index (χ1v) is 8.30. The lowest BCUT2D eigenvalue weighted by Crippen LogP contribution is -2.06. The van der Waals surface area contributed by atoms with E-state index in [-0.39, 0.29) is 0 Å². The number of aryl methyl sites for hydroxylation is 1. The predicted molar refractivity (Wildman–Crippen MR) is 103 cm³/mol. The van der Waals surface area contributed by atoms with Crippen molar-refractivity contribution in [1.29, 1.82) is 0 Å². The predicted octanol–water partition coefficient (Wildman–Crippen LogP) is 4.16. The lowest BCUT2D eigenvalue weighted by Gasteiger charge is -2.12. The van der Waals surface area contributed by atoms with E-state index in [4.69, 9.17) is 9.47 Å². The van der Waals surface area contributed by atoms with Crippen LogP contribution in [0.4, 0.5) is 17.5 Å². The van der Waals surface area contributed by atoms with Crippen molar-refractivity contribution >= 4 is 17.5 Å². The number of anilines is 3. The fourth-order valence-electron chi connectivity index (χ4n) is 2.55. The third-order valence-corrected chi connectivity index (χ3v) is 3.80. The summed E-state index contributed by atoms with van der Waals surface area (Å²) in [6.45, 7) is 2.61. The van der Waals surface area contributed by atoms with Gasteiger partial charge >= 0.3 is 0 Å². The van der Waals surface area contributed by atoms with Crippen LogP contribution in [0.25, 0.3) is 0 Å². The zero-order valence-corrected chi connectivity index (χ0v) is 15.1. The topological polar surface area (TPSA) is 68.3 Å². The van der Waals surface area contributed by atoms with Gasteiger partial charge in [0.25, 0.3) is 0 Å². The highest BCUT2D eigenvalue weighted by Gasteiger charge is 2.07. The third kappa shape index (κ3) is 4.42. The zero-order valence-electron chi connectivity index (χ0n) is 15.1. The van der Waals surface area contributed by atoms with Crippen LogP contribution in [-0.2, 0) is 6.54 Å². The molecule has 0 aliphatic rings. The van der Waals surface area contributed by atoms with Gasteiger partial charge in [0, 0.05) is 30.1 Å². The zero-order chi connectivity index (χ0) is 18.4. The lowest BCUT2D eigenvalue weighted by atomic mass is 10.2. The van der Waals surface area contributed by atoms with E-state index in [0.29, 0.717) is 29.8 Å². The van der Waals surface area contributed by atoms with Crippen LogP contribution in [0.15, 0.2) is 54.6 Å². The molecule has 0 radical (unpaired) electrons. The van der Waals surface area contributed by atoms with E-state index < -0.39 is 0 Å². The Kier molecular flexibility index (Phi) is 5.53. The first kappa shape index (κ1) is 17.5. The van der Waals surface area contributed by atoms with Crippen molar-refractivity contribution < 1.29 is 9.47 Å². The van der Waals surface area contributed by atoms with Gasteiger partial charge in [-0.1, -0.05) is 30.3 Å². The molecule has 0 fully saturated rings. The maximum Gasteiger partial charge on any atom is 0.225 e. The maximum absolute atomic E-state index is 5.34. The van der Waals surface area contributed by atoms with Crippen LogP contribution in [0.1, 0.15) is 11.3 Å². The van der Waals surface area contributed by atoms with Crippen LogP contribution < -0.4 is 20.1 Å². The lowest BCUT2D eigenvalue weighted by molar-refractivity contribution is 0.355. The number of rotatable bonds is 7. The third-order valence-electron chi connectivity index (χ3n) is 3.80.